The molecule has 0 spiro atoms. The van der Waals surface area contributed by atoms with Gasteiger partial charge in [-0.2, -0.15) is 0 Å². The first-order valence-corrected chi connectivity index (χ1v) is 8.07. The summed E-state index contributed by atoms with van der Waals surface area (Å²) in [6.07, 6.45) is 2.90. The highest BCUT2D eigenvalue weighted by Crippen LogP contribution is 2.26. The second-order valence-electron chi connectivity index (χ2n) is 5.24. The van der Waals surface area contributed by atoms with Crippen molar-refractivity contribution in [3.05, 3.63) is 66.0 Å². The molecular formula is C17H18N2OS. The Balaban J connectivity index is 1.52. The molecule has 2 heterocycles. The largest absolute Gasteiger partial charge is 0.296 e. The summed E-state index contributed by atoms with van der Waals surface area (Å²) < 4.78 is 0. The molecule has 1 unspecified atom stereocenters. The van der Waals surface area contributed by atoms with Gasteiger partial charge in [-0.15, -0.1) is 0 Å². The highest BCUT2D eigenvalue weighted by atomic mass is 32.2. The van der Waals surface area contributed by atoms with Crippen LogP contribution in [0, 0.1) is 0 Å². The van der Waals surface area contributed by atoms with E-state index < -0.39 is 0 Å². The fraction of sp³-hybridized carbons (Fsp3) is 0.294. The first-order chi connectivity index (χ1) is 10.3. The third kappa shape index (κ3) is 3.93. The van der Waals surface area contributed by atoms with Gasteiger partial charge < -0.3 is 0 Å². The molecule has 4 heteroatoms. The number of rotatable bonds is 4. The van der Waals surface area contributed by atoms with Gasteiger partial charge in [0.05, 0.1) is 5.69 Å². The van der Waals surface area contributed by atoms with E-state index in [9.17, 15) is 4.79 Å². The second kappa shape index (κ2) is 6.87. The molecule has 0 aliphatic carbocycles. The van der Waals surface area contributed by atoms with Gasteiger partial charge in [0, 0.05) is 30.1 Å². The van der Waals surface area contributed by atoms with Crippen LogP contribution in [0.15, 0.2) is 54.7 Å². The van der Waals surface area contributed by atoms with Crippen LogP contribution in [0.2, 0.25) is 0 Å². The lowest BCUT2D eigenvalue weighted by Crippen LogP contribution is -2.21. The Bertz CT molecular complexity index is 588. The minimum atomic E-state index is 0.181. The SMILES string of the molecule is O=C(SC1CCN(Cc2ccccn2)C1)c1ccccc1. The average Bonchev–Trinajstić information content (AvgIpc) is 2.96. The quantitative estimate of drug-likeness (QED) is 0.867. The van der Waals surface area contributed by atoms with Crippen LogP contribution in [-0.4, -0.2) is 33.3 Å². The molecule has 0 N–H and O–H groups in total. The van der Waals surface area contributed by atoms with Crippen molar-refractivity contribution in [3.63, 3.8) is 0 Å². The summed E-state index contributed by atoms with van der Waals surface area (Å²) in [5.41, 5.74) is 1.89. The highest BCUT2D eigenvalue weighted by Gasteiger charge is 2.25. The summed E-state index contributed by atoms with van der Waals surface area (Å²) in [7, 11) is 0. The van der Waals surface area contributed by atoms with Crippen molar-refractivity contribution in [2.75, 3.05) is 13.1 Å². The van der Waals surface area contributed by atoms with Gasteiger partial charge in [0.1, 0.15) is 0 Å². The monoisotopic (exact) mass is 298 g/mol. The third-order valence-corrected chi connectivity index (χ3v) is 4.79. The number of hydrogen-bond donors (Lipinski definition) is 0. The molecule has 108 valence electrons. The fourth-order valence-electron chi connectivity index (χ4n) is 2.55. The fourth-order valence-corrected chi connectivity index (χ4v) is 3.63. The zero-order valence-corrected chi connectivity index (χ0v) is 12.6. The molecule has 1 aliphatic rings. The van der Waals surface area contributed by atoms with Crippen LogP contribution in [0.5, 0.6) is 0 Å². The highest BCUT2D eigenvalue weighted by molar-refractivity contribution is 8.14. The Morgan fingerprint density at radius 2 is 2.00 bits per heavy atom. The Morgan fingerprint density at radius 1 is 1.19 bits per heavy atom. The number of aromatic nitrogens is 1. The number of thioether (sulfide) groups is 1. The molecule has 3 rings (SSSR count). The molecule has 1 saturated heterocycles. The van der Waals surface area contributed by atoms with Crippen LogP contribution in [0.4, 0.5) is 0 Å². The molecule has 0 radical (unpaired) electrons. The molecular weight excluding hydrogens is 280 g/mol. The molecule has 21 heavy (non-hydrogen) atoms. The predicted octanol–water partition coefficient (Wildman–Crippen LogP) is 3.23. The topological polar surface area (TPSA) is 33.2 Å². The molecule has 1 aromatic heterocycles. The smallest absolute Gasteiger partial charge is 0.219 e. The predicted molar refractivity (Wildman–Crippen MR) is 86.3 cm³/mol. The molecule has 2 aromatic rings. The maximum Gasteiger partial charge on any atom is 0.219 e. The van der Waals surface area contributed by atoms with Crippen molar-refractivity contribution >= 4 is 16.9 Å². The van der Waals surface area contributed by atoms with Crippen LogP contribution in [0.1, 0.15) is 22.5 Å². The van der Waals surface area contributed by atoms with Crippen LogP contribution in [-0.2, 0) is 6.54 Å². The van der Waals surface area contributed by atoms with E-state index in [0.29, 0.717) is 5.25 Å². The van der Waals surface area contributed by atoms with Gasteiger partial charge in [-0.05, 0) is 25.1 Å². The Morgan fingerprint density at radius 3 is 2.76 bits per heavy atom. The van der Waals surface area contributed by atoms with Gasteiger partial charge >= 0.3 is 0 Å². The van der Waals surface area contributed by atoms with Gasteiger partial charge in [0.2, 0.25) is 5.12 Å². The summed E-state index contributed by atoms with van der Waals surface area (Å²) in [5, 5.41) is 0.571. The van der Waals surface area contributed by atoms with E-state index in [4.69, 9.17) is 0 Å². The molecule has 1 aromatic carbocycles. The average molecular weight is 298 g/mol. The molecule has 0 amide bonds. The maximum atomic E-state index is 12.2. The molecule has 0 saturated carbocycles. The summed E-state index contributed by atoms with van der Waals surface area (Å²) >= 11 is 1.47. The van der Waals surface area contributed by atoms with Gasteiger partial charge in [0.25, 0.3) is 0 Å². The maximum absolute atomic E-state index is 12.2. The molecule has 1 fully saturated rings. The number of carbonyl (C=O) groups is 1. The molecule has 0 bridgehead atoms. The van der Waals surface area contributed by atoms with Gasteiger partial charge in [-0.25, -0.2) is 0 Å². The van der Waals surface area contributed by atoms with Crippen LogP contribution in [0.3, 0.4) is 0 Å². The number of benzene rings is 1. The number of carbonyl (C=O) groups excluding carboxylic acids is 1. The minimum Gasteiger partial charge on any atom is -0.296 e. The summed E-state index contributed by atoms with van der Waals surface area (Å²) in [6, 6.07) is 15.5. The van der Waals surface area contributed by atoms with Crippen molar-refractivity contribution < 1.29 is 4.79 Å². The lowest BCUT2D eigenvalue weighted by atomic mass is 10.2. The van der Waals surface area contributed by atoms with Gasteiger partial charge in [0.15, 0.2) is 0 Å². The Labute approximate surface area is 129 Å². The van der Waals surface area contributed by atoms with E-state index in [1.807, 2.05) is 48.7 Å². The van der Waals surface area contributed by atoms with Crippen LogP contribution in [0.25, 0.3) is 0 Å². The first kappa shape index (κ1) is 14.3. The summed E-state index contributed by atoms with van der Waals surface area (Å²) in [5.74, 6) is 0. The summed E-state index contributed by atoms with van der Waals surface area (Å²) in [4.78, 5) is 18.9. The van der Waals surface area contributed by atoms with Crippen molar-refractivity contribution in [1.29, 1.82) is 0 Å². The minimum absolute atomic E-state index is 0.181. The third-order valence-electron chi connectivity index (χ3n) is 3.62. The number of likely N-dealkylation sites (tertiary alicyclic amines) is 1. The van der Waals surface area contributed by atoms with Gasteiger partial charge in [-0.3, -0.25) is 14.7 Å². The van der Waals surface area contributed by atoms with E-state index in [2.05, 4.69) is 16.0 Å². The standard InChI is InChI=1S/C17H18N2OS/c20-17(14-6-2-1-3-7-14)21-16-9-11-19(13-16)12-15-8-4-5-10-18-15/h1-8,10,16H,9,11-13H2. The van der Waals surface area contributed by atoms with E-state index in [1.54, 1.807) is 0 Å². The van der Waals surface area contributed by atoms with E-state index in [0.717, 1.165) is 37.3 Å². The van der Waals surface area contributed by atoms with E-state index in [1.165, 1.54) is 11.8 Å². The summed E-state index contributed by atoms with van der Waals surface area (Å²) in [6.45, 7) is 2.87. The Hall–Kier alpha value is -1.65. The number of pyridine rings is 1. The van der Waals surface area contributed by atoms with Gasteiger partial charge in [-0.1, -0.05) is 48.2 Å². The lowest BCUT2D eigenvalue weighted by Gasteiger charge is -2.14. The van der Waals surface area contributed by atoms with E-state index in [-0.39, 0.29) is 5.12 Å². The zero-order chi connectivity index (χ0) is 14.5. The van der Waals surface area contributed by atoms with E-state index >= 15 is 0 Å². The molecule has 1 atom stereocenters. The molecule has 1 aliphatic heterocycles. The molecule has 3 nitrogen and oxygen atoms in total. The Kier molecular flexibility index (Phi) is 4.68. The lowest BCUT2D eigenvalue weighted by molar-refractivity contribution is 0.108. The normalized spacial score (nSPS) is 18.8. The van der Waals surface area contributed by atoms with Crippen LogP contribution < -0.4 is 0 Å². The first-order valence-electron chi connectivity index (χ1n) is 7.19. The van der Waals surface area contributed by atoms with Crippen LogP contribution >= 0.6 is 11.8 Å². The zero-order valence-electron chi connectivity index (χ0n) is 11.8. The number of nitrogens with zero attached hydrogens (tertiary/aromatic N) is 2. The van der Waals surface area contributed by atoms with Crippen molar-refractivity contribution in [2.24, 2.45) is 0 Å². The van der Waals surface area contributed by atoms with Crippen molar-refractivity contribution in [2.45, 2.75) is 18.2 Å². The van der Waals surface area contributed by atoms with Crippen molar-refractivity contribution in [1.82, 2.24) is 9.88 Å². The number of hydrogen-bond acceptors (Lipinski definition) is 4. The van der Waals surface area contributed by atoms with Crippen molar-refractivity contribution in [3.8, 4) is 0 Å². The second-order valence-corrected chi connectivity index (χ2v) is 6.51.